The zero-order valence-corrected chi connectivity index (χ0v) is 15.8. The second-order valence-corrected chi connectivity index (χ2v) is 7.43. The maximum atomic E-state index is 4.79. The molecule has 1 aliphatic carbocycles. The molecular formula is C17H31N5S. The minimum Gasteiger partial charge on any atom is -0.357 e. The second-order valence-electron chi connectivity index (χ2n) is 6.37. The number of hydrogen-bond acceptors (Lipinski definition) is 4. The van der Waals surface area contributed by atoms with Crippen molar-refractivity contribution >= 4 is 17.3 Å². The van der Waals surface area contributed by atoms with Crippen molar-refractivity contribution in [3.63, 3.8) is 0 Å². The fourth-order valence-corrected chi connectivity index (χ4v) is 3.71. The Hall–Kier alpha value is -1.14. The highest BCUT2D eigenvalue weighted by atomic mass is 32.1. The van der Waals surface area contributed by atoms with Gasteiger partial charge in [-0.1, -0.05) is 12.8 Å². The van der Waals surface area contributed by atoms with Gasteiger partial charge >= 0.3 is 0 Å². The first-order valence-electron chi connectivity index (χ1n) is 8.70. The summed E-state index contributed by atoms with van der Waals surface area (Å²) in [5, 5.41) is 6.63. The summed E-state index contributed by atoms with van der Waals surface area (Å²) in [6.45, 7) is 7.72. The van der Waals surface area contributed by atoms with Gasteiger partial charge in [-0.05, 0) is 33.7 Å². The fraction of sp³-hybridized carbons (Fsp3) is 0.765. The molecule has 0 saturated heterocycles. The summed E-state index contributed by atoms with van der Waals surface area (Å²) in [5.74, 6) is 0.970. The van der Waals surface area contributed by atoms with Crippen molar-refractivity contribution in [2.45, 2.75) is 52.1 Å². The van der Waals surface area contributed by atoms with Crippen LogP contribution < -0.4 is 5.32 Å². The van der Waals surface area contributed by atoms with E-state index in [0.29, 0.717) is 0 Å². The first kappa shape index (κ1) is 18.2. The molecule has 1 N–H and O–H groups in total. The Morgan fingerprint density at radius 3 is 2.74 bits per heavy atom. The van der Waals surface area contributed by atoms with E-state index in [2.05, 4.69) is 46.5 Å². The zero-order valence-electron chi connectivity index (χ0n) is 15.0. The van der Waals surface area contributed by atoms with Gasteiger partial charge in [0.2, 0.25) is 0 Å². The number of guanidine groups is 1. The van der Waals surface area contributed by atoms with Gasteiger partial charge in [0.25, 0.3) is 0 Å². The molecule has 0 spiro atoms. The van der Waals surface area contributed by atoms with Gasteiger partial charge in [0.1, 0.15) is 0 Å². The van der Waals surface area contributed by atoms with Crippen molar-refractivity contribution < 1.29 is 0 Å². The monoisotopic (exact) mass is 337 g/mol. The van der Waals surface area contributed by atoms with Gasteiger partial charge in [0.15, 0.2) is 5.96 Å². The molecule has 2 rings (SSSR count). The van der Waals surface area contributed by atoms with Crippen molar-refractivity contribution in [1.82, 2.24) is 20.1 Å². The Labute approximate surface area is 144 Å². The molecule has 23 heavy (non-hydrogen) atoms. The SMILES string of the molecule is CCNC(=NCCN(C)C1CCCC1)N(C)Cc1csc(C)n1. The molecule has 1 heterocycles. The van der Waals surface area contributed by atoms with Gasteiger partial charge < -0.3 is 15.1 Å². The molecule has 1 aromatic heterocycles. The Kier molecular flexibility index (Phi) is 7.30. The number of aromatic nitrogens is 1. The lowest BCUT2D eigenvalue weighted by Crippen LogP contribution is -2.39. The molecule has 1 aliphatic rings. The minimum absolute atomic E-state index is 0.767. The van der Waals surface area contributed by atoms with Crippen LogP contribution in [0, 0.1) is 6.92 Å². The highest BCUT2D eigenvalue weighted by Crippen LogP contribution is 2.21. The van der Waals surface area contributed by atoms with Crippen molar-refractivity contribution in [3.05, 3.63) is 16.1 Å². The molecule has 1 aromatic rings. The normalized spacial score (nSPS) is 16.3. The molecule has 6 heteroatoms. The van der Waals surface area contributed by atoms with Crippen LogP contribution >= 0.6 is 11.3 Å². The highest BCUT2D eigenvalue weighted by Gasteiger charge is 2.18. The lowest BCUT2D eigenvalue weighted by molar-refractivity contribution is 0.252. The van der Waals surface area contributed by atoms with Gasteiger partial charge in [0.05, 0.1) is 23.8 Å². The van der Waals surface area contributed by atoms with Gasteiger partial charge in [-0.15, -0.1) is 11.3 Å². The number of rotatable bonds is 7. The van der Waals surface area contributed by atoms with Crippen LogP contribution in [0.5, 0.6) is 0 Å². The Bertz CT molecular complexity index is 493. The standard InChI is InChI=1S/C17H31N5S/c1-5-18-17(22(4)12-15-13-23-14(2)20-15)19-10-11-21(3)16-8-6-7-9-16/h13,16H,5-12H2,1-4H3,(H,18,19). The van der Waals surface area contributed by atoms with Crippen LogP contribution in [0.25, 0.3) is 0 Å². The van der Waals surface area contributed by atoms with E-state index in [-0.39, 0.29) is 0 Å². The maximum absolute atomic E-state index is 4.79. The summed E-state index contributed by atoms with van der Waals surface area (Å²) in [6, 6.07) is 0.767. The van der Waals surface area contributed by atoms with Crippen molar-refractivity contribution in [3.8, 4) is 0 Å². The molecule has 130 valence electrons. The van der Waals surface area contributed by atoms with Gasteiger partial charge in [-0.3, -0.25) is 4.99 Å². The molecular weight excluding hydrogens is 306 g/mol. The molecule has 0 amide bonds. The summed E-state index contributed by atoms with van der Waals surface area (Å²) in [5.41, 5.74) is 1.11. The third kappa shape index (κ3) is 5.77. The van der Waals surface area contributed by atoms with Gasteiger partial charge in [-0.25, -0.2) is 4.98 Å². The molecule has 5 nitrogen and oxygen atoms in total. The third-order valence-electron chi connectivity index (χ3n) is 4.42. The summed E-state index contributed by atoms with van der Waals surface area (Å²) in [7, 11) is 4.32. The van der Waals surface area contributed by atoms with Crippen LogP contribution in [0.3, 0.4) is 0 Å². The number of aliphatic imine (C=N–C) groups is 1. The first-order chi connectivity index (χ1) is 11.1. The first-order valence-corrected chi connectivity index (χ1v) is 9.58. The average Bonchev–Trinajstić information content (AvgIpc) is 3.18. The lowest BCUT2D eigenvalue weighted by Gasteiger charge is -2.24. The van der Waals surface area contributed by atoms with E-state index in [0.717, 1.165) is 48.9 Å². The number of aryl methyl sites for hydroxylation is 1. The highest BCUT2D eigenvalue weighted by molar-refractivity contribution is 7.09. The minimum atomic E-state index is 0.767. The summed E-state index contributed by atoms with van der Waals surface area (Å²) in [6.07, 6.45) is 5.47. The molecule has 0 bridgehead atoms. The van der Waals surface area contributed by atoms with E-state index in [4.69, 9.17) is 4.99 Å². The maximum Gasteiger partial charge on any atom is 0.194 e. The predicted octanol–water partition coefficient (Wildman–Crippen LogP) is 2.72. The van der Waals surface area contributed by atoms with Crippen LogP contribution in [0.2, 0.25) is 0 Å². The number of thiazole rings is 1. The molecule has 0 atom stereocenters. The van der Waals surface area contributed by atoms with Crippen LogP contribution in [-0.2, 0) is 6.54 Å². The number of nitrogens with one attached hydrogen (secondary N) is 1. The number of hydrogen-bond donors (Lipinski definition) is 1. The Balaban J connectivity index is 1.85. The topological polar surface area (TPSA) is 43.8 Å². The lowest BCUT2D eigenvalue weighted by atomic mass is 10.2. The molecule has 1 fully saturated rings. The molecule has 0 unspecified atom stereocenters. The summed E-state index contributed by atoms with van der Waals surface area (Å²) >= 11 is 1.70. The van der Waals surface area contributed by atoms with E-state index >= 15 is 0 Å². The molecule has 0 aromatic carbocycles. The molecule has 1 saturated carbocycles. The summed E-state index contributed by atoms with van der Waals surface area (Å²) in [4.78, 5) is 14.0. The van der Waals surface area contributed by atoms with Crippen molar-refractivity contribution in [2.24, 2.45) is 4.99 Å². The summed E-state index contributed by atoms with van der Waals surface area (Å²) < 4.78 is 0. The van der Waals surface area contributed by atoms with E-state index in [9.17, 15) is 0 Å². The van der Waals surface area contributed by atoms with E-state index < -0.39 is 0 Å². The quantitative estimate of drug-likeness (QED) is 0.614. The average molecular weight is 338 g/mol. The fourth-order valence-electron chi connectivity index (χ4n) is 3.11. The Morgan fingerprint density at radius 2 is 2.13 bits per heavy atom. The molecule has 0 radical (unpaired) electrons. The van der Waals surface area contributed by atoms with Crippen LogP contribution in [0.15, 0.2) is 10.4 Å². The second kappa shape index (κ2) is 9.23. The zero-order chi connectivity index (χ0) is 16.7. The van der Waals surface area contributed by atoms with Crippen LogP contribution in [-0.4, -0.2) is 60.5 Å². The van der Waals surface area contributed by atoms with Gasteiger partial charge in [0, 0.05) is 31.6 Å². The molecule has 0 aliphatic heterocycles. The van der Waals surface area contributed by atoms with Crippen LogP contribution in [0.1, 0.15) is 43.3 Å². The van der Waals surface area contributed by atoms with E-state index in [1.54, 1.807) is 11.3 Å². The number of nitrogens with zero attached hydrogens (tertiary/aromatic N) is 4. The third-order valence-corrected chi connectivity index (χ3v) is 5.25. The number of likely N-dealkylation sites (N-methyl/N-ethyl adjacent to an activating group) is 1. The van der Waals surface area contributed by atoms with Crippen molar-refractivity contribution in [1.29, 1.82) is 0 Å². The van der Waals surface area contributed by atoms with E-state index in [1.165, 1.54) is 25.7 Å². The van der Waals surface area contributed by atoms with E-state index in [1.807, 2.05) is 6.92 Å². The Morgan fingerprint density at radius 1 is 1.39 bits per heavy atom. The van der Waals surface area contributed by atoms with Crippen LogP contribution in [0.4, 0.5) is 0 Å². The van der Waals surface area contributed by atoms with Gasteiger partial charge in [-0.2, -0.15) is 0 Å². The predicted molar refractivity (Wildman–Crippen MR) is 99.2 cm³/mol. The smallest absolute Gasteiger partial charge is 0.194 e. The largest absolute Gasteiger partial charge is 0.357 e. The van der Waals surface area contributed by atoms with Crippen molar-refractivity contribution in [2.75, 3.05) is 33.7 Å².